The van der Waals surface area contributed by atoms with Gasteiger partial charge < -0.3 is 10.2 Å². The van der Waals surface area contributed by atoms with Crippen LogP contribution in [-0.2, 0) is 19.5 Å². The zero-order valence-electron chi connectivity index (χ0n) is 17.1. The normalized spacial score (nSPS) is 17.8. The molecule has 5 rings (SSSR count). The summed E-state index contributed by atoms with van der Waals surface area (Å²) in [6.07, 6.45) is 2.99. The van der Waals surface area contributed by atoms with Crippen LogP contribution in [0.3, 0.4) is 0 Å². The van der Waals surface area contributed by atoms with Crippen LogP contribution in [0.15, 0.2) is 54.6 Å². The van der Waals surface area contributed by atoms with Crippen LogP contribution in [0.1, 0.15) is 56.6 Å². The van der Waals surface area contributed by atoms with Crippen LogP contribution in [0, 0.1) is 0 Å². The predicted octanol–water partition coefficient (Wildman–Crippen LogP) is 4.00. The Bertz CT molecular complexity index is 1140. The molecule has 1 atom stereocenters. The monoisotopic (exact) mass is 434 g/mol. The Balaban J connectivity index is 1.31. The van der Waals surface area contributed by atoms with Crippen LogP contribution < -0.4 is 5.32 Å². The third-order valence-corrected chi connectivity index (χ3v) is 6.31. The summed E-state index contributed by atoms with van der Waals surface area (Å²) in [6.45, 7) is 1.61. The highest BCUT2D eigenvalue weighted by Crippen LogP contribution is 2.29. The quantitative estimate of drug-likeness (QED) is 0.674. The molecule has 1 aromatic heterocycles. The number of fused-ring (bicyclic) bond motifs is 2. The van der Waals surface area contributed by atoms with Crippen LogP contribution in [0.25, 0.3) is 0 Å². The maximum Gasteiger partial charge on any atom is 0.272 e. The SMILES string of the molecule is O=C(N[C@H]1CCCc2ccccc21)c1cc2n(n1)CCN(Cc1ccc(Cl)cc1)C2=O. The number of rotatable bonds is 4. The van der Waals surface area contributed by atoms with Gasteiger partial charge in [-0.1, -0.05) is 48.0 Å². The molecule has 1 N–H and O–H groups in total. The molecular formula is C24H23ClN4O2. The van der Waals surface area contributed by atoms with Crippen molar-refractivity contribution in [1.29, 1.82) is 0 Å². The van der Waals surface area contributed by atoms with Crippen molar-refractivity contribution in [3.63, 3.8) is 0 Å². The van der Waals surface area contributed by atoms with Crippen molar-refractivity contribution >= 4 is 23.4 Å². The smallest absolute Gasteiger partial charge is 0.272 e. The van der Waals surface area contributed by atoms with E-state index in [4.69, 9.17) is 11.6 Å². The Morgan fingerprint density at radius 3 is 2.77 bits per heavy atom. The summed E-state index contributed by atoms with van der Waals surface area (Å²) < 4.78 is 1.64. The number of carbonyl (C=O) groups is 2. The standard InChI is InChI=1S/C24H23ClN4O2/c25-18-10-8-16(9-11-18)15-28-12-13-29-22(24(28)31)14-21(27-29)23(30)26-20-7-3-5-17-4-1-2-6-19(17)20/h1-2,4,6,8-11,14,20H,3,5,7,12-13,15H2,(H,26,30)/t20-/m0/s1. The van der Waals surface area contributed by atoms with Crippen LogP contribution in [0.4, 0.5) is 0 Å². The molecule has 0 fully saturated rings. The van der Waals surface area contributed by atoms with E-state index < -0.39 is 0 Å². The number of benzene rings is 2. The van der Waals surface area contributed by atoms with E-state index in [1.54, 1.807) is 15.6 Å². The number of carbonyl (C=O) groups excluding carboxylic acids is 2. The number of halogens is 1. The predicted molar refractivity (Wildman–Crippen MR) is 118 cm³/mol. The maximum atomic E-state index is 13.0. The highest BCUT2D eigenvalue weighted by molar-refractivity contribution is 6.30. The minimum atomic E-state index is -0.236. The van der Waals surface area contributed by atoms with E-state index in [2.05, 4.69) is 22.5 Å². The highest BCUT2D eigenvalue weighted by Gasteiger charge is 2.29. The summed E-state index contributed by atoms with van der Waals surface area (Å²) in [5.41, 5.74) is 4.22. The van der Waals surface area contributed by atoms with Gasteiger partial charge in [0, 0.05) is 24.2 Å². The van der Waals surface area contributed by atoms with Gasteiger partial charge in [-0.15, -0.1) is 0 Å². The lowest BCUT2D eigenvalue weighted by Gasteiger charge is -2.27. The zero-order valence-corrected chi connectivity index (χ0v) is 17.8. The molecule has 31 heavy (non-hydrogen) atoms. The first-order valence-corrected chi connectivity index (χ1v) is 11.0. The average Bonchev–Trinajstić information content (AvgIpc) is 3.23. The van der Waals surface area contributed by atoms with Gasteiger partial charge in [0.05, 0.1) is 12.6 Å². The molecule has 2 aromatic carbocycles. The second kappa shape index (κ2) is 8.19. The minimum Gasteiger partial charge on any atom is -0.344 e. The fourth-order valence-corrected chi connectivity index (χ4v) is 4.57. The molecule has 2 aliphatic rings. The molecule has 0 unspecified atom stereocenters. The third-order valence-electron chi connectivity index (χ3n) is 6.06. The number of hydrogen-bond donors (Lipinski definition) is 1. The Labute approximate surface area is 185 Å². The first kappa shape index (κ1) is 19.8. The van der Waals surface area contributed by atoms with Gasteiger partial charge in [0.1, 0.15) is 5.69 Å². The Hall–Kier alpha value is -3.12. The van der Waals surface area contributed by atoms with Crippen molar-refractivity contribution in [2.45, 2.75) is 38.4 Å². The minimum absolute atomic E-state index is 0.0201. The van der Waals surface area contributed by atoms with Gasteiger partial charge in [0.2, 0.25) is 0 Å². The summed E-state index contributed by atoms with van der Waals surface area (Å²) in [5, 5.41) is 8.20. The van der Waals surface area contributed by atoms with Gasteiger partial charge in [0.25, 0.3) is 11.8 Å². The lowest BCUT2D eigenvalue weighted by atomic mass is 9.87. The number of hydrogen-bond acceptors (Lipinski definition) is 3. The topological polar surface area (TPSA) is 67.2 Å². The van der Waals surface area contributed by atoms with E-state index >= 15 is 0 Å². The highest BCUT2D eigenvalue weighted by atomic mass is 35.5. The third kappa shape index (κ3) is 3.95. The Morgan fingerprint density at radius 2 is 1.94 bits per heavy atom. The lowest BCUT2D eigenvalue weighted by Crippen LogP contribution is -2.39. The zero-order chi connectivity index (χ0) is 21.4. The summed E-state index contributed by atoms with van der Waals surface area (Å²) in [6, 6.07) is 17.3. The molecule has 1 aliphatic carbocycles. The number of aryl methyl sites for hydroxylation is 1. The van der Waals surface area contributed by atoms with Crippen LogP contribution in [0.5, 0.6) is 0 Å². The molecule has 2 heterocycles. The number of aromatic nitrogens is 2. The van der Waals surface area contributed by atoms with Crippen molar-refractivity contribution in [2.75, 3.05) is 6.54 Å². The molecule has 0 radical (unpaired) electrons. The molecule has 0 saturated heterocycles. The fraction of sp³-hybridized carbons (Fsp3) is 0.292. The Kier molecular flexibility index (Phi) is 5.24. The molecule has 0 bridgehead atoms. The average molecular weight is 435 g/mol. The summed E-state index contributed by atoms with van der Waals surface area (Å²) in [7, 11) is 0. The largest absolute Gasteiger partial charge is 0.344 e. The summed E-state index contributed by atoms with van der Waals surface area (Å²) in [5.74, 6) is -0.351. The molecule has 2 amide bonds. The van der Waals surface area contributed by atoms with Crippen molar-refractivity contribution in [3.05, 3.63) is 87.7 Å². The van der Waals surface area contributed by atoms with Gasteiger partial charge >= 0.3 is 0 Å². The van der Waals surface area contributed by atoms with E-state index in [9.17, 15) is 9.59 Å². The number of nitrogens with one attached hydrogen (secondary N) is 1. The molecule has 1 aliphatic heterocycles. The fourth-order valence-electron chi connectivity index (χ4n) is 4.45. The van der Waals surface area contributed by atoms with Gasteiger partial charge in [-0.05, 0) is 48.1 Å². The van der Waals surface area contributed by atoms with E-state index in [1.807, 2.05) is 36.4 Å². The van der Waals surface area contributed by atoms with E-state index in [0.717, 1.165) is 24.8 Å². The Morgan fingerprint density at radius 1 is 1.13 bits per heavy atom. The van der Waals surface area contributed by atoms with Crippen molar-refractivity contribution in [2.24, 2.45) is 0 Å². The van der Waals surface area contributed by atoms with Gasteiger partial charge in [-0.25, -0.2) is 0 Å². The molecule has 3 aromatic rings. The first-order chi connectivity index (χ1) is 15.1. The van der Waals surface area contributed by atoms with Crippen LogP contribution in [0.2, 0.25) is 5.02 Å². The maximum absolute atomic E-state index is 13.0. The molecule has 158 valence electrons. The van der Waals surface area contributed by atoms with Crippen molar-refractivity contribution < 1.29 is 9.59 Å². The van der Waals surface area contributed by atoms with E-state index in [1.165, 1.54) is 11.1 Å². The van der Waals surface area contributed by atoms with Gasteiger partial charge in [-0.2, -0.15) is 5.10 Å². The summed E-state index contributed by atoms with van der Waals surface area (Å²) >= 11 is 5.95. The molecule has 0 spiro atoms. The van der Waals surface area contributed by atoms with E-state index in [-0.39, 0.29) is 17.9 Å². The van der Waals surface area contributed by atoms with Gasteiger partial charge in [0.15, 0.2) is 5.69 Å². The lowest BCUT2D eigenvalue weighted by molar-refractivity contribution is 0.0683. The molecule has 0 saturated carbocycles. The van der Waals surface area contributed by atoms with Crippen molar-refractivity contribution in [3.8, 4) is 0 Å². The molecule has 7 heteroatoms. The van der Waals surface area contributed by atoms with Gasteiger partial charge in [-0.3, -0.25) is 14.3 Å². The number of amides is 2. The summed E-state index contributed by atoms with van der Waals surface area (Å²) in [4.78, 5) is 27.7. The van der Waals surface area contributed by atoms with Crippen LogP contribution >= 0.6 is 11.6 Å². The first-order valence-electron chi connectivity index (χ1n) is 10.6. The second-order valence-electron chi connectivity index (χ2n) is 8.11. The van der Waals surface area contributed by atoms with Crippen LogP contribution in [-0.4, -0.2) is 33.0 Å². The second-order valence-corrected chi connectivity index (χ2v) is 8.54. The van der Waals surface area contributed by atoms with E-state index in [0.29, 0.717) is 36.0 Å². The molecular weight excluding hydrogens is 412 g/mol. The number of nitrogens with zero attached hydrogens (tertiary/aromatic N) is 3. The molecule has 6 nitrogen and oxygen atoms in total. The van der Waals surface area contributed by atoms with Crippen molar-refractivity contribution in [1.82, 2.24) is 20.0 Å².